The second-order valence-corrected chi connectivity index (χ2v) is 8.35. The Balaban J connectivity index is 1.99. The maximum absolute atomic E-state index is 12.8. The Hall–Kier alpha value is -3.63. The topological polar surface area (TPSA) is 172 Å². The molecular formula is C22H23N2O8+. The zero-order valence-corrected chi connectivity index (χ0v) is 17.5. The molecule has 168 valence electrons. The minimum absolute atomic E-state index is 0.0789. The van der Waals surface area contributed by atoms with Crippen molar-refractivity contribution in [1.82, 2.24) is 0 Å². The number of amides is 1. The smallest absolute Gasteiger partial charge is 0.343 e. The van der Waals surface area contributed by atoms with Crippen LogP contribution in [0.4, 0.5) is 0 Å². The number of ketones is 1. The zero-order chi connectivity index (χ0) is 23.6. The van der Waals surface area contributed by atoms with Crippen molar-refractivity contribution in [3.05, 3.63) is 46.2 Å². The van der Waals surface area contributed by atoms with E-state index in [1.165, 1.54) is 6.07 Å². The number of carbonyl (C=O) groups excluding carboxylic acids is 3. The minimum Gasteiger partial charge on any atom is -0.507 e. The van der Waals surface area contributed by atoms with Gasteiger partial charge >= 0.3 is 5.97 Å². The summed E-state index contributed by atoms with van der Waals surface area (Å²) in [5.74, 6) is -5.60. The highest BCUT2D eigenvalue weighted by Crippen LogP contribution is 2.50. The molecule has 1 aliphatic carbocycles. The first kappa shape index (κ1) is 21.6. The molecule has 1 aliphatic heterocycles. The number of ether oxygens (including phenoxy) is 1. The summed E-state index contributed by atoms with van der Waals surface area (Å²) in [6, 6.07) is 3.57. The van der Waals surface area contributed by atoms with E-state index in [1.54, 1.807) is 33.2 Å². The number of nitrogens with one attached hydrogen (secondary N) is 1. The molecule has 32 heavy (non-hydrogen) atoms. The normalized spacial score (nSPS) is 25.4. The fourth-order valence-corrected chi connectivity index (χ4v) is 4.97. The van der Waals surface area contributed by atoms with E-state index in [9.17, 15) is 34.8 Å². The number of quaternary nitrogens is 1. The number of aryl methyl sites for hydroxylation is 1. The number of likely N-dealkylation sites (N-methyl/N-ethyl adjacent to an activating group) is 1. The second kappa shape index (κ2) is 7.21. The Morgan fingerprint density at radius 3 is 2.41 bits per heavy atom. The molecule has 0 aromatic heterocycles. The Bertz CT molecular complexity index is 1230. The van der Waals surface area contributed by atoms with Gasteiger partial charge in [-0.1, -0.05) is 12.1 Å². The predicted octanol–water partition coefficient (Wildman–Crippen LogP) is -0.859. The van der Waals surface area contributed by atoms with Crippen LogP contribution in [0.2, 0.25) is 0 Å². The van der Waals surface area contributed by atoms with Crippen LogP contribution in [0.15, 0.2) is 29.5 Å². The zero-order valence-electron chi connectivity index (χ0n) is 17.5. The van der Waals surface area contributed by atoms with Crippen LogP contribution in [-0.4, -0.2) is 64.3 Å². The molecule has 1 heterocycles. The maximum Gasteiger partial charge on any atom is 0.343 e. The van der Waals surface area contributed by atoms with Crippen molar-refractivity contribution in [2.75, 3.05) is 14.1 Å². The lowest BCUT2D eigenvalue weighted by atomic mass is 9.74. The van der Waals surface area contributed by atoms with Crippen LogP contribution in [0, 0.1) is 12.8 Å². The fourth-order valence-electron chi connectivity index (χ4n) is 4.97. The number of hydrogen-bond acceptors (Lipinski definition) is 8. The lowest BCUT2D eigenvalue weighted by Crippen LogP contribution is -3.12. The minimum atomic E-state index is -1.81. The quantitative estimate of drug-likeness (QED) is 0.263. The van der Waals surface area contributed by atoms with Crippen molar-refractivity contribution in [2.45, 2.75) is 25.2 Å². The van der Waals surface area contributed by atoms with Gasteiger partial charge in [-0.25, -0.2) is 4.79 Å². The molecule has 7 N–H and O–H groups in total. The van der Waals surface area contributed by atoms with Crippen molar-refractivity contribution < 1.29 is 44.4 Å². The number of Topliss-reactive ketones (excluding diaryl/α,β-unsaturated/α-hetero) is 1. The molecule has 1 amide bonds. The van der Waals surface area contributed by atoms with Crippen LogP contribution in [0.1, 0.15) is 27.6 Å². The SMILES string of the molecule is Cc1c2c(c(O)c3c(O)cccc13)C(=O)O[C@H]2[C@H]1[C@H]([NH+](C)C)C(O)=C(C(N)=O)C(=O)[C@@H]1O. The van der Waals surface area contributed by atoms with E-state index in [2.05, 4.69) is 0 Å². The van der Waals surface area contributed by atoms with Gasteiger partial charge < -0.3 is 35.8 Å². The average molecular weight is 443 g/mol. The summed E-state index contributed by atoms with van der Waals surface area (Å²) < 4.78 is 5.53. The number of phenolic OH excluding ortho intramolecular Hbond substituents is 2. The third kappa shape index (κ3) is 2.76. The third-order valence-corrected chi connectivity index (χ3v) is 6.35. The van der Waals surface area contributed by atoms with Gasteiger partial charge in [0.05, 0.1) is 25.4 Å². The van der Waals surface area contributed by atoms with Crippen molar-refractivity contribution in [3.63, 3.8) is 0 Å². The summed E-state index contributed by atoms with van der Waals surface area (Å²) in [5, 5.41) is 43.2. The summed E-state index contributed by atoms with van der Waals surface area (Å²) in [5.41, 5.74) is 5.12. The summed E-state index contributed by atoms with van der Waals surface area (Å²) in [7, 11) is 3.27. The summed E-state index contributed by atoms with van der Waals surface area (Å²) in [6.45, 7) is 1.66. The van der Waals surface area contributed by atoms with E-state index in [-0.39, 0.29) is 22.3 Å². The van der Waals surface area contributed by atoms with Crippen molar-refractivity contribution in [1.29, 1.82) is 0 Å². The number of hydrogen-bond donors (Lipinski definition) is 6. The molecule has 10 heteroatoms. The number of aliphatic hydroxyl groups excluding tert-OH is 2. The molecule has 2 aliphatic rings. The van der Waals surface area contributed by atoms with E-state index in [4.69, 9.17) is 10.5 Å². The number of phenols is 2. The first-order valence-corrected chi connectivity index (χ1v) is 9.92. The van der Waals surface area contributed by atoms with Gasteiger partial charge in [0.25, 0.3) is 5.91 Å². The fraction of sp³-hybridized carbons (Fsp3) is 0.318. The standard InChI is InChI=1S/C22H22N2O8/c1-7-8-5-4-6-9(25)11(8)16(26)12-10(7)20(32-22(12)31)13-15(24(2)3)17(27)14(21(23)30)19(29)18(13)28/h4-6,13,15,18,20,25-28H,1-3H3,(H2,23,30)/p+1/t13-,15-,18+,20+/m0/s1. The molecule has 4 rings (SSSR count). The number of cyclic esters (lactones) is 1. The summed E-state index contributed by atoms with van der Waals surface area (Å²) in [6.07, 6.45) is -3.02. The molecular weight excluding hydrogens is 420 g/mol. The van der Waals surface area contributed by atoms with E-state index in [0.717, 1.165) is 0 Å². The molecule has 0 fully saturated rings. The Kier molecular flexibility index (Phi) is 4.87. The van der Waals surface area contributed by atoms with Gasteiger partial charge in [-0.05, 0) is 23.9 Å². The lowest BCUT2D eigenvalue weighted by molar-refractivity contribution is -0.887. The highest BCUT2D eigenvalue weighted by molar-refractivity contribution is 6.21. The number of fused-ring (bicyclic) bond motifs is 2. The highest BCUT2D eigenvalue weighted by Gasteiger charge is 2.56. The van der Waals surface area contributed by atoms with Crippen LogP contribution >= 0.6 is 0 Å². The second-order valence-electron chi connectivity index (χ2n) is 8.35. The first-order chi connectivity index (χ1) is 15.0. The van der Waals surface area contributed by atoms with Crippen molar-refractivity contribution >= 4 is 28.4 Å². The lowest BCUT2D eigenvalue weighted by Gasteiger charge is -2.38. The third-order valence-electron chi connectivity index (χ3n) is 6.35. The Morgan fingerprint density at radius 2 is 1.81 bits per heavy atom. The molecule has 0 saturated heterocycles. The van der Waals surface area contributed by atoms with E-state index in [1.807, 2.05) is 0 Å². The van der Waals surface area contributed by atoms with Crippen molar-refractivity contribution in [2.24, 2.45) is 11.7 Å². The van der Waals surface area contributed by atoms with Crippen LogP contribution in [0.3, 0.4) is 0 Å². The predicted molar refractivity (Wildman–Crippen MR) is 110 cm³/mol. The first-order valence-electron chi connectivity index (χ1n) is 9.92. The van der Waals surface area contributed by atoms with E-state index < -0.39 is 58.9 Å². The molecule has 2 aromatic rings. The van der Waals surface area contributed by atoms with E-state index in [0.29, 0.717) is 15.8 Å². The van der Waals surface area contributed by atoms with Crippen LogP contribution in [-0.2, 0) is 14.3 Å². The number of carbonyl (C=O) groups is 3. The van der Waals surface area contributed by atoms with Gasteiger partial charge in [0.15, 0.2) is 11.8 Å². The number of benzene rings is 2. The number of nitrogens with two attached hydrogens (primary N) is 1. The number of esters is 1. The molecule has 0 bridgehead atoms. The van der Waals surface area contributed by atoms with Gasteiger partial charge in [-0.3, -0.25) is 9.59 Å². The molecule has 4 atom stereocenters. The molecule has 0 unspecified atom stereocenters. The molecule has 2 aromatic carbocycles. The molecule has 0 saturated carbocycles. The Morgan fingerprint density at radius 1 is 1.16 bits per heavy atom. The highest BCUT2D eigenvalue weighted by atomic mass is 16.6. The number of primary amides is 1. The monoisotopic (exact) mass is 443 g/mol. The molecule has 0 spiro atoms. The van der Waals surface area contributed by atoms with E-state index >= 15 is 0 Å². The molecule has 10 nitrogen and oxygen atoms in total. The molecule has 0 radical (unpaired) electrons. The van der Waals surface area contributed by atoms with Crippen LogP contribution < -0.4 is 10.6 Å². The average Bonchev–Trinajstić information content (AvgIpc) is 3.05. The maximum atomic E-state index is 12.8. The Labute approximate surface area is 182 Å². The van der Waals surface area contributed by atoms with Gasteiger partial charge in [0.2, 0.25) is 5.78 Å². The van der Waals surface area contributed by atoms with Crippen LogP contribution in [0.5, 0.6) is 11.5 Å². The van der Waals surface area contributed by atoms with Gasteiger partial charge in [-0.2, -0.15) is 0 Å². The summed E-state index contributed by atoms with van der Waals surface area (Å²) >= 11 is 0. The van der Waals surface area contributed by atoms with Gasteiger partial charge in [-0.15, -0.1) is 0 Å². The van der Waals surface area contributed by atoms with Gasteiger partial charge in [0.1, 0.15) is 34.8 Å². The summed E-state index contributed by atoms with van der Waals surface area (Å²) in [4.78, 5) is 37.8. The van der Waals surface area contributed by atoms with Crippen LogP contribution in [0.25, 0.3) is 10.8 Å². The number of aliphatic hydroxyl groups is 2. The number of rotatable bonds is 3. The number of aromatic hydroxyl groups is 2. The largest absolute Gasteiger partial charge is 0.507 e. The van der Waals surface area contributed by atoms with Crippen molar-refractivity contribution in [3.8, 4) is 11.5 Å². The van der Waals surface area contributed by atoms with Gasteiger partial charge in [0, 0.05) is 5.56 Å².